The maximum atomic E-state index is 11.9. The van der Waals surface area contributed by atoms with Gasteiger partial charge < -0.3 is 14.6 Å². The fourth-order valence-electron chi connectivity index (χ4n) is 1.93. The average Bonchev–Trinajstić information content (AvgIpc) is 2.61. The molecule has 9 nitrogen and oxygen atoms in total. The van der Waals surface area contributed by atoms with Crippen LogP contribution < -0.4 is 14.9 Å². The van der Waals surface area contributed by atoms with Gasteiger partial charge in [0, 0.05) is 22.2 Å². The monoisotopic (exact) mass is 501 g/mol. The first-order valence-electron chi connectivity index (χ1n) is 7.27. The second-order valence-electron chi connectivity index (χ2n) is 5.00. The van der Waals surface area contributed by atoms with Gasteiger partial charge in [0.1, 0.15) is 5.75 Å². The maximum Gasteiger partial charge on any atom is 0.277 e. The predicted molar refractivity (Wildman–Crippen MR) is 104 cm³/mol. The number of hydrazone groups is 1. The summed E-state index contributed by atoms with van der Waals surface area (Å²) < 4.78 is 12.0. The first-order valence-corrected chi connectivity index (χ1v) is 8.85. The second kappa shape index (κ2) is 9.33. The molecule has 11 heteroatoms. The molecule has 0 radical (unpaired) electrons. The lowest BCUT2D eigenvalue weighted by Crippen LogP contribution is -2.24. The number of benzene rings is 2. The lowest BCUT2D eigenvalue weighted by molar-refractivity contribution is -0.384. The van der Waals surface area contributed by atoms with Crippen LogP contribution in [0.25, 0.3) is 0 Å². The maximum absolute atomic E-state index is 11.9. The predicted octanol–water partition coefficient (Wildman–Crippen LogP) is 3.36. The third kappa shape index (κ3) is 5.66. The van der Waals surface area contributed by atoms with Gasteiger partial charge in [0.05, 0.1) is 22.7 Å². The van der Waals surface area contributed by atoms with Crippen molar-refractivity contribution in [1.82, 2.24) is 5.43 Å². The summed E-state index contributed by atoms with van der Waals surface area (Å²) in [5.41, 5.74) is 2.08. The van der Waals surface area contributed by atoms with Crippen LogP contribution in [0.3, 0.4) is 0 Å². The Hall–Kier alpha value is -2.66. The zero-order chi connectivity index (χ0) is 20.0. The van der Waals surface area contributed by atoms with Crippen molar-refractivity contribution in [2.75, 3.05) is 13.7 Å². The summed E-state index contributed by atoms with van der Waals surface area (Å²) in [6.45, 7) is -0.352. The van der Waals surface area contributed by atoms with Gasteiger partial charge in [-0.05, 0) is 34.1 Å². The number of halogens is 2. The Kier molecular flexibility index (Phi) is 7.13. The van der Waals surface area contributed by atoms with E-state index in [9.17, 15) is 20.0 Å². The highest BCUT2D eigenvalue weighted by molar-refractivity contribution is 9.11. The van der Waals surface area contributed by atoms with Crippen LogP contribution in [0.1, 0.15) is 5.56 Å². The fourth-order valence-corrected chi connectivity index (χ4v) is 3.23. The molecule has 2 aromatic rings. The molecule has 0 heterocycles. The van der Waals surface area contributed by atoms with Crippen molar-refractivity contribution in [3.05, 3.63) is 55.0 Å². The third-order valence-corrected chi connectivity index (χ3v) is 4.20. The van der Waals surface area contributed by atoms with Crippen LogP contribution in [0.2, 0.25) is 0 Å². The normalized spacial score (nSPS) is 10.6. The summed E-state index contributed by atoms with van der Waals surface area (Å²) in [5, 5.41) is 24.1. The molecule has 0 saturated carbocycles. The summed E-state index contributed by atoms with van der Waals surface area (Å²) >= 11 is 6.64. The van der Waals surface area contributed by atoms with E-state index in [1.807, 2.05) is 0 Å². The minimum atomic E-state index is -0.605. The van der Waals surface area contributed by atoms with Crippen molar-refractivity contribution in [2.24, 2.45) is 5.10 Å². The quantitative estimate of drug-likeness (QED) is 0.340. The number of aromatic hydroxyl groups is 1. The van der Waals surface area contributed by atoms with E-state index in [-0.39, 0.29) is 23.6 Å². The van der Waals surface area contributed by atoms with Crippen molar-refractivity contribution < 1.29 is 24.3 Å². The van der Waals surface area contributed by atoms with E-state index < -0.39 is 10.8 Å². The van der Waals surface area contributed by atoms with Crippen LogP contribution in [0.4, 0.5) is 5.69 Å². The van der Waals surface area contributed by atoms with Gasteiger partial charge in [-0.1, -0.05) is 15.9 Å². The number of carbonyl (C=O) groups excluding carboxylic acids is 1. The molecule has 142 valence electrons. The number of methoxy groups -OCH3 is 1. The van der Waals surface area contributed by atoms with E-state index in [0.717, 1.165) is 22.8 Å². The van der Waals surface area contributed by atoms with Crippen LogP contribution >= 0.6 is 31.9 Å². The molecule has 0 aliphatic rings. The van der Waals surface area contributed by atoms with Crippen molar-refractivity contribution >= 4 is 49.7 Å². The van der Waals surface area contributed by atoms with E-state index in [1.54, 1.807) is 12.1 Å². The SMILES string of the molecule is COc1cc(Br)cc(Br)c1OCC(=O)N/N=C\c1cc([N+](=O)[O-])ccc1O. The zero-order valence-corrected chi connectivity index (χ0v) is 17.0. The van der Waals surface area contributed by atoms with E-state index in [1.165, 1.54) is 13.2 Å². The molecule has 0 aliphatic heterocycles. The zero-order valence-electron chi connectivity index (χ0n) is 13.8. The van der Waals surface area contributed by atoms with E-state index in [0.29, 0.717) is 16.0 Å². The minimum absolute atomic E-state index is 0.0859. The lowest BCUT2D eigenvalue weighted by Gasteiger charge is -2.12. The Morgan fingerprint density at radius 1 is 1.37 bits per heavy atom. The first-order chi connectivity index (χ1) is 12.8. The highest BCUT2D eigenvalue weighted by atomic mass is 79.9. The minimum Gasteiger partial charge on any atom is -0.507 e. The summed E-state index contributed by atoms with van der Waals surface area (Å²) in [5.74, 6) is -0.0170. The van der Waals surface area contributed by atoms with Crippen LogP contribution in [-0.2, 0) is 4.79 Å². The summed E-state index contributed by atoms with van der Waals surface area (Å²) in [6.07, 6.45) is 1.09. The van der Waals surface area contributed by atoms with Crippen LogP contribution in [0.5, 0.6) is 17.2 Å². The van der Waals surface area contributed by atoms with Crippen molar-refractivity contribution in [1.29, 1.82) is 0 Å². The largest absolute Gasteiger partial charge is 0.507 e. The number of phenols is 1. The van der Waals surface area contributed by atoms with Crippen molar-refractivity contribution in [3.8, 4) is 17.2 Å². The molecule has 0 saturated heterocycles. The van der Waals surface area contributed by atoms with Crippen molar-refractivity contribution in [3.63, 3.8) is 0 Å². The van der Waals surface area contributed by atoms with Gasteiger partial charge in [-0.15, -0.1) is 0 Å². The molecule has 0 bridgehead atoms. The van der Waals surface area contributed by atoms with Gasteiger partial charge >= 0.3 is 0 Å². The molecule has 2 rings (SSSR count). The number of non-ortho nitro benzene ring substituents is 1. The molecule has 0 fully saturated rings. The average molecular weight is 503 g/mol. The van der Waals surface area contributed by atoms with E-state index >= 15 is 0 Å². The molecule has 27 heavy (non-hydrogen) atoms. The standard InChI is InChI=1S/C16H13Br2N3O6/c1-26-14-6-10(17)5-12(18)16(14)27-8-15(23)20-19-7-9-4-11(21(24)25)2-3-13(9)22/h2-7,22H,8H2,1H3,(H,20,23)/b19-7-. The van der Waals surface area contributed by atoms with Gasteiger partial charge in [-0.3, -0.25) is 14.9 Å². The number of phenolic OH excluding ortho intramolecular Hbond substituents is 1. The summed E-state index contributed by atoms with van der Waals surface area (Å²) in [6, 6.07) is 6.87. The third-order valence-electron chi connectivity index (χ3n) is 3.16. The molecule has 0 spiro atoms. The second-order valence-corrected chi connectivity index (χ2v) is 6.77. The smallest absolute Gasteiger partial charge is 0.277 e. The first kappa shape index (κ1) is 20.6. The van der Waals surface area contributed by atoms with Crippen LogP contribution in [0.15, 0.2) is 44.4 Å². The van der Waals surface area contributed by atoms with E-state index in [2.05, 4.69) is 42.4 Å². The molecule has 2 N–H and O–H groups in total. The molecule has 2 aromatic carbocycles. The Morgan fingerprint density at radius 3 is 2.78 bits per heavy atom. The Labute approximate surface area is 170 Å². The fraction of sp³-hybridized carbons (Fsp3) is 0.125. The summed E-state index contributed by atoms with van der Waals surface area (Å²) in [4.78, 5) is 22.0. The molecule has 0 aromatic heterocycles. The number of carbonyl (C=O) groups is 1. The Bertz CT molecular complexity index is 904. The van der Waals surface area contributed by atoms with Crippen LogP contribution in [-0.4, -0.2) is 35.9 Å². The number of hydrogen-bond acceptors (Lipinski definition) is 7. The molecular weight excluding hydrogens is 490 g/mol. The van der Waals surface area contributed by atoms with Gasteiger partial charge in [0.15, 0.2) is 18.1 Å². The number of hydrogen-bond donors (Lipinski definition) is 2. The number of nitro groups is 1. The lowest BCUT2D eigenvalue weighted by atomic mass is 10.2. The molecule has 0 unspecified atom stereocenters. The number of nitro benzene ring substituents is 1. The number of rotatable bonds is 7. The number of nitrogens with zero attached hydrogens (tertiary/aromatic N) is 2. The number of nitrogens with one attached hydrogen (secondary N) is 1. The molecule has 0 atom stereocenters. The topological polar surface area (TPSA) is 123 Å². The highest BCUT2D eigenvalue weighted by Crippen LogP contribution is 2.38. The highest BCUT2D eigenvalue weighted by Gasteiger charge is 2.13. The van der Waals surface area contributed by atoms with Crippen LogP contribution in [0, 0.1) is 10.1 Å². The molecular formula is C16H13Br2N3O6. The van der Waals surface area contributed by atoms with Gasteiger partial charge in [0.2, 0.25) is 0 Å². The number of amides is 1. The molecule has 1 amide bonds. The van der Waals surface area contributed by atoms with E-state index in [4.69, 9.17) is 9.47 Å². The van der Waals surface area contributed by atoms with Gasteiger partial charge in [0.25, 0.3) is 11.6 Å². The van der Waals surface area contributed by atoms with Gasteiger partial charge in [-0.2, -0.15) is 5.10 Å². The molecule has 0 aliphatic carbocycles. The Morgan fingerprint density at radius 2 is 2.11 bits per heavy atom. The van der Waals surface area contributed by atoms with Gasteiger partial charge in [-0.25, -0.2) is 5.43 Å². The summed E-state index contributed by atoms with van der Waals surface area (Å²) in [7, 11) is 1.47. The van der Waals surface area contributed by atoms with Crippen molar-refractivity contribution in [2.45, 2.75) is 0 Å². The number of ether oxygens (including phenoxy) is 2. The Balaban J connectivity index is 1.99.